The minimum atomic E-state index is 0.417. The third kappa shape index (κ3) is 3.30. The maximum atomic E-state index is 5.78. The first-order valence-electron chi connectivity index (χ1n) is 5.76. The third-order valence-electron chi connectivity index (χ3n) is 3.20. The van der Waals surface area contributed by atoms with Gasteiger partial charge in [0.15, 0.2) is 0 Å². The molecule has 1 aromatic rings. The summed E-state index contributed by atoms with van der Waals surface area (Å²) >= 11 is 3.46. The van der Waals surface area contributed by atoms with Crippen LogP contribution in [0, 0.1) is 5.41 Å². The number of nitrogens with two attached hydrogens (primary N) is 1. The van der Waals surface area contributed by atoms with Crippen LogP contribution < -0.4 is 5.73 Å². The molecule has 0 spiro atoms. The highest BCUT2D eigenvalue weighted by atomic mass is 79.9. The minimum Gasteiger partial charge on any atom is -0.376 e. The summed E-state index contributed by atoms with van der Waals surface area (Å²) in [4.78, 5) is 0. The third-order valence-corrected chi connectivity index (χ3v) is 3.69. The molecular formula is C13H18BrNO. The SMILES string of the molecule is NCCC1(COCc2cccc(Br)c2)CC1. The van der Waals surface area contributed by atoms with Gasteiger partial charge in [-0.25, -0.2) is 0 Å². The maximum Gasteiger partial charge on any atom is 0.0717 e. The van der Waals surface area contributed by atoms with Crippen molar-refractivity contribution in [3.8, 4) is 0 Å². The first kappa shape index (κ1) is 12.1. The molecule has 1 fully saturated rings. The van der Waals surface area contributed by atoms with Crippen molar-refractivity contribution in [2.75, 3.05) is 13.2 Å². The molecule has 2 N–H and O–H groups in total. The van der Waals surface area contributed by atoms with Gasteiger partial charge in [-0.05, 0) is 48.9 Å². The molecular weight excluding hydrogens is 266 g/mol. The molecule has 1 aliphatic rings. The Hall–Kier alpha value is -0.380. The Morgan fingerprint density at radius 2 is 2.19 bits per heavy atom. The van der Waals surface area contributed by atoms with Crippen molar-refractivity contribution in [1.82, 2.24) is 0 Å². The molecule has 1 saturated carbocycles. The average Bonchev–Trinajstić information content (AvgIpc) is 2.99. The zero-order chi connectivity index (χ0) is 11.4. The van der Waals surface area contributed by atoms with E-state index in [1.54, 1.807) is 0 Å². The summed E-state index contributed by atoms with van der Waals surface area (Å²) in [6, 6.07) is 8.26. The molecule has 0 radical (unpaired) electrons. The van der Waals surface area contributed by atoms with Crippen LogP contribution in [0.4, 0.5) is 0 Å². The normalized spacial score (nSPS) is 17.4. The van der Waals surface area contributed by atoms with Gasteiger partial charge in [0.25, 0.3) is 0 Å². The Morgan fingerprint density at radius 3 is 2.81 bits per heavy atom. The number of benzene rings is 1. The summed E-state index contributed by atoms with van der Waals surface area (Å²) in [5.74, 6) is 0. The van der Waals surface area contributed by atoms with Crippen LogP contribution in [0.2, 0.25) is 0 Å². The number of rotatable bonds is 6. The van der Waals surface area contributed by atoms with Gasteiger partial charge in [-0.1, -0.05) is 28.1 Å². The molecule has 1 aliphatic carbocycles. The highest BCUT2D eigenvalue weighted by molar-refractivity contribution is 9.10. The molecule has 0 amide bonds. The van der Waals surface area contributed by atoms with Crippen LogP contribution in [0.25, 0.3) is 0 Å². The number of ether oxygens (including phenoxy) is 1. The van der Waals surface area contributed by atoms with Gasteiger partial charge in [0.1, 0.15) is 0 Å². The summed E-state index contributed by atoms with van der Waals surface area (Å²) in [5, 5.41) is 0. The van der Waals surface area contributed by atoms with Gasteiger partial charge in [-0.15, -0.1) is 0 Å². The largest absolute Gasteiger partial charge is 0.376 e. The summed E-state index contributed by atoms with van der Waals surface area (Å²) < 4.78 is 6.89. The van der Waals surface area contributed by atoms with Gasteiger partial charge in [-0.3, -0.25) is 0 Å². The number of hydrogen-bond donors (Lipinski definition) is 1. The lowest BCUT2D eigenvalue weighted by molar-refractivity contribution is 0.0756. The van der Waals surface area contributed by atoms with Crippen molar-refractivity contribution >= 4 is 15.9 Å². The molecule has 0 atom stereocenters. The molecule has 88 valence electrons. The van der Waals surface area contributed by atoms with Crippen molar-refractivity contribution in [2.45, 2.75) is 25.9 Å². The summed E-state index contributed by atoms with van der Waals surface area (Å²) in [6.07, 6.45) is 3.66. The molecule has 0 aromatic heterocycles. The summed E-state index contributed by atoms with van der Waals surface area (Å²) in [5.41, 5.74) is 7.23. The first-order valence-corrected chi connectivity index (χ1v) is 6.56. The summed E-state index contributed by atoms with van der Waals surface area (Å²) in [7, 11) is 0. The van der Waals surface area contributed by atoms with E-state index < -0.39 is 0 Å². The van der Waals surface area contributed by atoms with Crippen molar-refractivity contribution in [1.29, 1.82) is 0 Å². The molecule has 0 heterocycles. The van der Waals surface area contributed by atoms with Crippen LogP contribution >= 0.6 is 15.9 Å². The van der Waals surface area contributed by atoms with Crippen LogP contribution in [0.1, 0.15) is 24.8 Å². The van der Waals surface area contributed by atoms with Crippen molar-refractivity contribution < 1.29 is 4.74 Å². The Kier molecular flexibility index (Phi) is 4.00. The van der Waals surface area contributed by atoms with E-state index in [4.69, 9.17) is 10.5 Å². The molecule has 0 unspecified atom stereocenters. The lowest BCUT2D eigenvalue weighted by Gasteiger charge is -2.14. The van der Waals surface area contributed by atoms with Crippen LogP contribution in [-0.4, -0.2) is 13.2 Å². The first-order chi connectivity index (χ1) is 7.74. The topological polar surface area (TPSA) is 35.2 Å². The van der Waals surface area contributed by atoms with Gasteiger partial charge in [0, 0.05) is 4.47 Å². The zero-order valence-corrected chi connectivity index (χ0v) is 11.0. The molecule has 0 saturated heterocycles. The highest BCUT2D eigenvalue weighted by Gasteiger charge is 2.41. The zero-order valence-electron chi connectivity index (χ0n) is 9.42. The lowest BCUT2D eigenvalue weighted by atomic mass is 10.0. The quantitative estimate of drug-likeness (QED) is 0.871. The molecule has 0 bridgehead atoms. The molecule has 3 heteroatoms. The molecule has 16 heavy (non-hydrogen) atoms. The van der Waals surface area contributed by atoms with Crippen LogP contribution in [0.3, 0.4) is 0 Å². The van der Waals surface area contributed by atoms with E-state index in [1.807, 2.05) is 12.1 Å². The predicted octanol–water partition coefficient (Wildman–Crippen LogP) is 3.09. The Bertz CT molecular complexity index is 350. The van der Waals surface area contributed by atoms with Gasteiger partial charge >= 0.3 is 0 Å². The maximum absolute atomic E-state index is 5.78. The fraction of sp³-hybridized carbons (Fsp3) is 0.538. The fourth-order valence-electron chi connectivity index (χ4n) is 1.96. The van der Waals surface area contributed by atoms with Crippen molar-refractivity contribution in [3.63, 3.8) is 0 Å². The molecule has 2 nitrogen and oxygen atoms in total. The van der Waals surface area contributed by atoms with Crippen molar-refractivity contribution in [3.05, 3.63) is 34.3 Å². The fourth-order valence-corrected chi connectivity index (χ4v) is 2.41. The molecule has 1 aromatic carbocycles. The second-order valence-electron chi connectivity index (χ2n) is 4.66. The second-order valence-corrected chi connectivity index (χ2v) is 5.58. The highest BCUT2D eigenvalue weighted by Crippen LogP contribution is 2.48. The van der Waals surface area contributed by atoms with Crippen LogP contribution in [0.15, 0.2) is 28.7 Å². The standard InChI is InChI=1S/C13H18BrNO/c14-12-3-1-2-11(8-12)9-16-10-13(4-5-13)6-7-15/h1-3,8H,4-7,9-10,15H2. The van der Waals surface area contributed by atoms with E-state index >= 15 is 0 Å². The average molecular weight is 284 g/mol. The van der Waals surface area contributed by atoms with Crippen LogP contribution in [0.5, 0.6) is 0 Å². The summed E-state index contributed by atoms with van der Waals surface area (Å²) in [6.45, 7) is 2.34. The molecule has 0 aliphatic heterocycles. The second kappa shape index (κ2) is 5.30. The van der Waals surface area contributed by atoms with E-state index in [0.29, 0.717) is 12.0 Å². The van der Waals surface area contributed by atoms with E-state index in [1.165, 1.54) is 18.4 Å². The predicted molar refractivity (Wildman–Crippen MR) is 69.1 cm³/mol. The van der Waals surface area contributed by atoms with Crippen molar-refractivity contribution in [2.24, 2.45) is 11.1 Å². The monoisotopic (exact) mass is 283 g/mol. The Balaban J connectivity index is 1.76. The Labute approximate surface area is 105 Å². The van der Waals surface area contributed by atoms with Crippen LogP contribution in [-0.2, 0) is 11.3 Å². The van der Waals surface area contributed by atoms with E-state index in [0.717, 1.165) is 24.0 Å². The van der Waals surface area contributed by atoms with Gasteiger partial charge in [0.05, 0.1) is 13.2 Å². The van der Waals surface area contributed by atoms with E-state index in [2.05, 4.69) is 28.1 Å². The van der Waals surface area contributed by atoms with Gasteiger partial charge < -0.3 is 10.5 Å². The van der Waals surface area contributed by atoms with E-state index in [9.17, 15) is 0 Å². The Morgan fingerprint density at radius 1 is 1.38 bits per heavy atom. The minimum absolute atomic E-state index is 0.417. The smallest absolute Gasteiger partial charge is 0.0717 e. The molecule has 2 rings (SSSR count). The number of hydrogen-bond acceptors (Lipinski definition) is 2. The number of halogens is 1. The van der Waals surface area contributed by atoms with Gasteiger partial charge in [0.2, 0.25) is 0 Å². The lowest BCUT2D eigenvalue weighted by Crippen LogP contribution is -2.15. The van der Waals surface area contributed by atoms with Gasteiger partial charge in [-0.2, -0.15) is 0 Å². The van der Waals surface area contributed by atoms with E-state index in [-0.39, 0.29) is 0 Å².